The van der Waals surface area contributed by atoms with Gasteiger partial charge >= 0.3 is 6.09 Å². The molecular weight excluding hydrogens is 274 g/mol. The standard InChI is InChI=1S/C16H17NO2.ClH/c1-3-17(16(18)19-2)15-11-9-14(10-12-15)13-7-5-4-6-8-13;/h4-12H,3H2,1-2H3;1H. The van der Waals surface area contributed by atoms with Gasteiger partial charge in [0.05, 0.1) is 7.11 Å². The summed E-state index contributed by atoms with van der Waals surface area (Å²) in [6.45, 7) is 2.50. The van der Waals surface area contributed by atoms with Gasteiger partial charge in [-0.05, 0) is 30.2 Å². The van der Waals surface area contributed by atoms with Crippen molar-refractivity contribution in [2.75, 3.05) is 18.6 Å². The van der Waals surface area contributed by atoms with Gasteiger partial charge < -0.3 is 4.74 Å². The van der Waals surface area contributed by atoms with E-state index in [9.17, 15) is 4.79 Å². The van der Waals surface area contributed by atoms with Crippen molar-refractivity contribution in [1.29, 1.82) is 0 Å². The molecule has 0 aliphatic heterocycles. The maximum absolute atomic E-state index is 11.6. The lowest BCUT2D eigenvalue weighted by atomic mass is 10.1. The topological polar surface area (TPSA) is 29.5 Å². The summed E-state index contributed by atoms with van der Waals surface area (Å²) < 4.78 is 4.76. The fraction of sp³-hybridized carbons (Fsp3) is 0.188. The number of ether oxygens (including phenoxy) is 1. The highest BCUT2D eigenvalue weighted by atomic mass is 35.5. The molecule has 0 atom stereocenters. The van der Waals surface area contributed by atoms with Crippen LogP contribution < -0.4 is 4.90 Å². The third kappa shape index (κ3) is 3.52. The van der Waals surface area contributed by atoms with E-state index < -0.39 is 0 Å². The monoisotopic (exact) mass is 291 g/mol. The minimum Gasteiger partial charge on any atom is -0.452 e. The lowest BCUT2D eigenvalue weighted by molar-refractivity contribution is 0.179. The molecule has 4 heteroatoms. The Hall–Kier alpha value is -2.00. The molecular formula is C16H18ClNO2. The SMILES string of the molecule is CCN(C(=O)OC)c1ccc(-c2ccccc2)cc1.Cl. The van der Waals surface area contributed by atoms with Crippen LogP contribution in [0.2, 0.25) is 0 Å². The number of halogens is 1. The first-order chi connectivity index (χ1) is 9.26. The van der Waals surface area contributed by atoms with Gasteiger partial charge in [-0.3, -0.25) is 4.90 Å². The number of carbonyl (C=O) groups excluding carboxylic acids is 1. The normalized spacial score (nSPS) is 9.50. The molecule has 0 unspecified atom stereocenters. The largest absolute Gasteiger partial charge is 0.452 e. The predicted molar refractivity (Wildman–Crippen MR) is 84.6 cm³/mol. The Balaban J connectivity index is 0.00000200. The Kier molecular flexibility index (Phi) is 6.07. The van der Waals surface area contributed by atoms with E-state index in [-0.39, 0.29) is 18.5 Å². The van der Waals surface area contributed by atoms with Crippen LogP contribution in [0.3, 0.4) is 0 Å². The zero-order valence-electron chi connectivity index (χ0n) is 11.6. The van der Waals surface area contributed by atoms with Crippen LogP contribution in [0.4, 0.5) is 10.5 Å². The van der Waals surface area contributed by atoms with E-state index >= 15 is 0 Å². The van der Waals surface area contributed by atoms with E-state index in [2.05, 4.69) is 12.1 Å². The number of carbonyl (C=O) groups is 1. The van der Waals surface area contributed by atoms with Crippen LogP contribution in [-0.2, 0) is 4.74 Å². The van der Waals surface area contributed by atoms with Crippen LogP contribution in [-0.4, -0.2) is 19.7 Å². The van der Waals surface area contributed by atoms with Crippen molar-refractivity contribution in [3.63, 3.8) is 0 Å². The molecule has 0 heterocycles. The van der Waals surface area contributed by atoms with Crippen molar-refractivity contribution in [3.8, 4) is 11.1 Å². The molecule has 0 bridgehead atoms. The van der Waals surface area contributed by atoms with E-state index in [4.69, 9.17) is 4.74 Å². The Morgan fingerprint density at radius 2 is 1.55 bits per heavy atom. The van der Waals surface area contributed by atoms with Gasteiger partial charge in [0.2, 0.25) is 0 Å². The third-order valence-corrected chi connectivity index (χ3v) is 3.00. The summed E-state index contributed by atoms with van der Waals surface area (Å²) in [7, 11) is 1.39. The highest BCUT2D eigenvalue weighted by molar-refractivity contribution is 5.87. The van der Waals surface area contributed by atoms with E-state index in [1.807, 2.05) is 49.4 Å². The first-order valence-electron chi connectivity index (χ1n) is 6.27. The smallest absolute Gasteiger partial charge is 0.413 e. The molecule has 0 radical (unpaired) electrons. The van der Waals surface area contributed by atoms with Crippen LogP contribution in [0.15, 0.2) is 54.6 Å². The zero-order chi connectivity index (χ0) is 13.7. The Morgan fingerprint density at radius 3 is 2.05 bits per heavy atom. The second-order valence-electron chi connectivity index (χ2n) is 4.13. The van der Waals surface area contributed by atoms with Crippen molar-refractivity contribution >= 4 is 24.2 Å². The fourth-order valence-corrected chi connectivity index (χ4v) is 1.99. The summed E-state index contributed by atoms with van der Waals surface area (Å²) in [5.74, 6) is 0. The van der Waals surface area contributed by atoms with Gasteiger partial charge in [-0.1, -0.05) is 42.5 Å². The van der Waals surface area contributed by atoms with Gasteiger partial charge in [0.1, 0.15) is 0 Å². The van der Waals surface area contributed by atoms with Gasteiger partial charge in [-0.25, -0.2) is 4.79 Å². The lowest BCUT2D eigenvalue weighted by Crippen LogP contribution is -2.30. The molecule has 2 aromatic carbocycles. The molecule has 3 nitrogen and oxygen atoms in total. The van der Waals surface area contributed by atoms with Crippen molar-refractivity contribution in [2.45, 2.75) is 6.92 Å². The molecule has 0 fully saturated rings. The van der Waals surface area contributed by atoms with Crippen molar-refractivity contribution in [2.24, 2.45) is 0 Å². The summed E-state index contributed by atoms with van der Waals surface area (Å²) in [5.41, 5.74) is 3.13. The summed E-state index contributed by atoms with van der Waals surface area (Å²) in [6, 6.07) is 18.0. The van der Waals surface area contributed by atoms with Gasteiger partial charge in [0.25, 0.3) is 0 Å². The molecule has 0 aromatic heterocycles. The second-order valence-corrected chi connectivity index (χ2v) is 4.13. The summed E-state index contributed by atoms with van der Waals surface area (Å²) in [5, 5.41) is 0. The molecule has 0 spiro atoms. The number of hydrogen-bond acceptors (Lipinski definition) is 2. The van der Waals surface area contributed by atoms with Crippen LogP contribution >= 0.6 is 12.4 Å². The summed E-state index contributed by atoms with van der Waals surface area (Å²) in [4.78, 5) is 13.2. The first-order valence-corrected chi connectivity index (χ1v) is 6.27. The van der Waals surface area contributed by atoms with E-state index in [0.717, 1.165) is 16.8 Å². The minimum absolute atomic E-state index is 0. The number of nitrogens with zero attached hydrogens (tertiary/aromatic N) is 1. The summed E-state index contributed by atoms with van der Waals surface area (Å²) >= 11 is 0. The Labute approximate surface area is 125 Å². The molecule has 0 aliphatic rings. The van der Waals surface area contributed by atoms with Crippen molar-refractivity contribution in [1.82, 2.24) is 0 Å². The van der Waals surface area contributed by atoms with Gasteiger partial charge in [0.15, 0.2) is 0 Å². The average Bonchev–Trinajstić information content (AvgIpc) is 2.49. The lowest BCUT2D eigenvalue weighted by Gasteiger charge is -2.19. The fourth-order valence-electron chi connectivity index (χ4n) is 1.99. The first kappa shape index (κ1) is 16.1. The molecule has 0 N–H and O–H groups in total. The number of hydrogen-bond donors (Lipinski definition) is 0. The molecule has 20 heavy (non-hydrogen) atoms. The number of amides is 1. The molecule has 2 aromatic rings. The quantitative estimate of drug-likeness (QED) is 0.840. The molecule has 106 valence electrons. The minimum atomic E-state index is -0.338. The third-order valence-electron chi connectivity index (χ3n) is 3.00. The van der Waals surface area contributed by atoms with Crippen LogP contribution in [0.1, 0.15) is 6.92 Å². The highest BCUT2D eigenvalue weighted by Gasteiger charge is 2.13. The Bertz CT molecular complexity index is 540. The maximum atomic E-state index is 11.6. The van der Waals surface area contributed by atoms with Gasteiger partial charge in [-0.2, -0.15) is 0 Å². The molecule has 2 rings (SSSR count). The van der Waals surface area contributed by atoms with Crippen molar-refractivity contribution < 1.29 is 9.53 Å². The maximum Gasteiger partial charge on any atom is 0.413 e. The summed E-state index contributed by atoms with van der Waals surface area (Å²) in [6.07, 6.45) is -0.338. The average molecular weight is 292 g/mol. The number of benzene rings is 2. The highest BCUT2D eigenvalue weighted by Crippen LogP contribution is 2.23. The Morgan fingerprint density at radius 1 is 1.00 bits per heavy atom. The molecule has 0 saturated heterocycles. The van der Waals surface area contributed by atoms with E-state index in [0.29, 0.717) is 6.54 Å². The van der Waals surface area contributed by atoms with E-state index in [1.165, 1.54) is 7.11 Å². The number of anilines is 1. The molecule has 1 amide bonds. The van der Waals surface area contributed by atoms with Gasteiger partial charge in [-0.15, -0.1) is 12.4 Å². The second kappa shape index (κ2) is 7.56. The number of rotatable bonds is 3. The van der Waals surface area contributed by atoms with Crippen LogP contribution in [0, 0.1) is 0 Å². The van der Waals surface area contributed by atoms with Gasteiger partial charge in [0, 0.05) is 12.2 Å². The molecule has 0 saturated carbocycles. The van der Waals surface area contributed by atoms with Crippen molar-refractivity contribution in [3.05, 3.63) is 54.6 Å². The molecule has 0 aliphatic carbocycles. The zero-order valence-corrected chi connectivity index (χ0v) is 12.4. The predicted octanol–water partition coefficient (Wildman–Crippen LogP) is 4.37. The van der Waals surface area contributed by atoms with Crippen LogP contribution in [0.25, 0.3) is 11.1 Å². The van der Waals surface area contributed by atoms with Crippen LogP contribution in [0.5, 0.6) is 0 Å². The number of methoxy groups -OCH3 is 1. The van der Waals surface area contributed by atoms with E-state index in [1.54, 1.807) is 4.90 Å².